The summed E-state index contributed by atoms with van der Waals surface area (Å²) in [5.74, 6) is 0.861. The van der Waals surface area contributed by atoms with Crippen molar-refractivity contribution in [2.24, 2.45) is 11.8 Å². The summed E-state index contributed by atoms with van der Waals surface area (Å²) < 4.78 is 32.3. The van der Waals surface area contributed by atoms with E-state index in [0.29, 0.717) is 5.92 Å². The van der Waals surface area contributed by atoms with Gasteiger partial charge in [-0.1, -0.05) is 53.4 Å². The first-order valence-electron chi connectivity index (χ1n) is 7.45. The van der Waals surface area contributed by atoms with E-state index in [1.165, 1.54) is 19.3 Å². The Labute approximate surface area is 119 Å². The van der Waals surface area contributed by atoms with E-state index in [2.05, 4.69) is 13.8 Å². The summed E-state index contributed by atoms with van der Waals surface area (Å²) in [6, 6.07) is 0. The molecule has 0 aromatic heterocycles. The van der Waals surface area contributed by atoms with Gasteiger partial charge in [0, 0.05) is 0 Å². The Morgan fingerprint density at radius 2 is 1.63 bits per heavy atom. The maximum Gasteiger partial charge on any atom is 0.399 e. The van der Waals surface area contributed by atoms with Crippen molar-refractivity contribution < 1.29 is 16.8 Å². The molecular formula is C14H30O4S. The molecule has 0 bridgehead atoms. The molecule has 0 rings (SSSR count). The normalized spacial score (nSPS) is 13.9. The van der Waals surface area contributed by atoms with E-state index in [0.717, 1.165) is 19.3 Å². The highest BCUT2D eigenvalue weighted by Gasteiger charge is 2.13. The van der Waals surface area contributed by atoms with Gasteiger partial charge in [0.25, 0.3) is 0 Å². The van der Waals surface area contributed by atoms with Crippen LogP contribution >= 0.6 is 0 Å². The van der Waals surface area contributed by atoms with Crippen molar-refractivity contribution in [3.8, 4) is 0 Å². The molecule has 0 N–H and O–H groups in total. The predicted molar refractivity (Wildman–Crippen MR) is 78.2 cm³/mol. The van der Waals surface area contributed by atoms with Crippen LogP contribution in [0.3, 0.4) is 0 Å². The molecule has 19 heavy (non-hydrogen) atoms. The van der Waals surface area contributed by atoms with Crippen molar-refractivity contribution in [2.75, 3.05) is 13.2 Å². The average Bonchev–Trinajstić information content (AvgIpc) is 2.36. The van der Waals surface area contributed by atoms with Crippen molar-refractivity contribution in [3.63, 3.8) is 0 Å². The third-order valence-corrected chi connectivity index (χ3v) is 3.95. The van der Waals surface area contributed by atoms with Crippen molar-refractivity contribution in [1.29, 1.82) is 0 Å². The van der Waals surface area contributed by atoms with E-state index in [1.54, 1.807) is 0 Å². The minimum atomic E-state index is -3.80. The molecule has 0 aliphatic carbocycles. The monoisotopic (exact) mass is 294 g/mol. The van der Waals surface area contributed by atoms with Crippen molar-refractivity contribution >= 4 is 10.4 Å². The molecule has 0 aromatic rings. The molecule has 0 aliphatic heterocycles. The van der Waals surface area contributed by atoms with Gasteiger partial charge in [0.1, 0.15) is 0 Å². The number of hydrogen-bond acceptors (Lipinski definition) is 4. The lowest BCUT2D eigenvalue weighted by Crippen LogP contribution is -2.15. The minimum absolute atomic E-state index is 0.177. The fraction of sp³-hybridized carbons (Fsp3) is 1.00. The highest BCUT2D eigenvalue weighted by molar-refractivity contribution is 7.81. The molecular weight excluding hydrogens is 264 g/mol. The lowest BCUT2D eigenvalue weighted by molar-refractivity contribution is 0.191. The van der Waals surface area contributed by atoms with Gasteiger partial charge < -0.3 is 0 Å². The van der Waals surface area contributed by atoms with Gasteiger partial charge >= 0.3 is 10.4 Å². The van der Waals surface area contributed by atoms with Crippen LogP contribution in [0.1, 0.15) is 66.2 Å². The smallest absolute Gasteiger partial charge is 0.248 e. The van der Waals surface area contributed by atoms with Gasteiger partial charge in [-0.05, 0) is 24.7 Å². The zero-order valence-electron chi connectivity index (χ0n) is 12.9. The van der Waals surface area contributed by atoms with E-state index < -0.39 is 10.4 Å². The Kier molecular flexibility index (Phi) is 10.6. The van der Waals surface area contributed by atoms with Crippen molar-refractivity contribution in [2.45, 2.75) is 66.2 Å². The third kappa shape index (κ3) is 11.4. The highest BCUT2D eigenvalue weighted by atomic mass is 32.3. The molecule has 5 heteroatoms. The molecule has 0 radical (unpaired) electrons. The first-order chi connectivity index (χ1) is 8.91. The lowest BCUT2D eigenvalue weighted by Gasteiger charge is -2.14. The van der Waals surface area contributed by atoms with Crippen LogP contribution in [0.2, 0.25) is 0 Å². The molecule has 0 heterocycles. The standard InChI is InChI=1S/C14H30O4S/c1-5-7-9-14(6-2)10-8-11-17-19(15,16)18-12-13(3)4/h13-14H,5-12H2,1-4H3. The fourth-order valence-electron chi connectivity index (χ4n) is 1.83. The molecule has 116 valence electrons. The molecule has 0 aromatic carbocycles. The molecule has 0 saturated heterocycles. The van der Waals surface area contributed by atoms with Gasteiger partial charge in [-0.15, -0.1) is 0 Å². The lowest BCUT2D eigenvalue weighted by atomic mass is 9.95. The number of unbranched alkanes of at least 4 members (excludes halogenated alkanes) is 1. The first kappa shape index (κ1) is 18.9. The Balaban J connectivity index is 3.77. The Morgan fingerprint density at radius 1 is 1.00 bits per heavy atom. The summed E-state index contributed by atoms with van der Waals surface area (Å²) in [4.78, 5) is 0. The van der Waals surface area contributed by atoms with E-state index in [4.69, 9.17) is 8.37 Å². The van der Waals surface area contributed by atoms with Crippen LogP contribution in [-0.2, 0) is 18.8 Å². The van der Waals surface area contributed by atoms with Crippen LogP contribution in [0.25, 0.3) is 0 Å². The SMILES string of the molecule is CCCCC(CC)CCCOS(=O)(=O)OCC(C)C. The molecule has 4 nitrogen and oxygen atoms in total. The maximum absolute atomic E-state index is 11.4. The molecule has 0 saturated carbocycles. The summed E-state index contributed by atoms with van der Waals surface area (Å²) in [5, 5.41) is 0. The molecule has 0 amide bonds. The van der Waals surface area contributed by atoms with Gasteiger partial charge in [0.2, 0.25) is 0 Å². The van der Waals surface area contributed by atoms with Crippen LogP contribution < -0.4 is 0 Å². The van der Waals surface area contributed by atoms with Crippen molar-refractivity contribution in [1.82, 2.24) is 0 Å². The topological polar surface area (TPSA) is 52.6 Å². The average molecular weight is 294 g/mol. The minimum Gasteiger partial charge on any atom is -0.248 e. The molecule has 0 spiro atoms. The quantitative estimate of drug-likeness (QED) is 0.512. The van der Waals surface area contributed by atoms with Crippen LogP contribution in [0.15, 0.2) is 0 Å². The van der Waals surface area contributed by atoms with Gasteiger partial charge in [0.05, 0.1) is 13.2 Å². The number of hydrogen-bond donors (Lipinski definition) is 0. The van der Waals surface area contributed by atoms with Crippen LogP contribution in [-0.4, -0.2) is 21.6 Å². The van der Waals surface area contributed by atoms with Crippen molar-refractivity contribution in [3.05, 3.63) is 0 Å². The first-order valence-corrected chi connectivity index (χ1v) is 8.78. The summed E-state index contributed by atoms with van der Waals surface area (Å²) in [6.07, 6.45) is 6.63. The molecule has 1 atom stereocenters. The Hall–Kier alpha value is -0.130. The van der Waals surface area contributed by atoms with Gasteiger partial charge in [-0.3, -0.25) is 0 Å². The Morgan fingerprint density at radius 3 is 2.16 bits per heavy atom. The summed E-state index contributed by atoms with van der Waals surface area (Å²) in [5.41, 5.74) is 0. The van der Waals surface area contributed by atoms with Crippen LogP contribution in [0, 0.1) is 11.8 Å². The maximum atomic E-state index is 11.4. The second kappa shape index (κ2) is 10.6. The molecule has 1 unspecified atom stereocenters. The summed E-state index contributed by atoms with van der Waals surface area (Å²) in [7, 11) is -3.80. The van der Waals surface area contributed by atoms with E-state index in [-0.39, 0.29) is 19.1 Å². The highest BCUT2D eigenvalue weighted by Crippen LogP contribution is 2.18. The predicted octanol–water partition coefficient (Wildman–Crippen LogP) is 3.92. The molecule has 0 fully saturated rings. The van der Waals surface area contributed by atoms with Crippen LogP contribution in [0.5, 0.6) is 0 Å². The summed E-state index contributed by atoms with van der Waals surface area (Å²) in [6.45, 7) is 8.57. The van der Waals surface area contributed by atoms with Gasteiger partial charge in [0.15, 0.2) is 0 Å². The Bertz CT molecular complexity index is 299. The van der Waals surface area contributed by atoms with Gasteiger partial charge in [-0.2, -0.15) is 8.42 Å². The van der Waals surface area contributed by atoms with E-state index in [1.807, 2.05) is 13.8 Å². The second-order valence-electron chi connectivity index (χ2n) is 5.47. The second-order valence-corrected chi connectivity index (χ2v) is 6.76. The molecule has 0 aliphatic rings. The van der Waals surface area contributed by atoms with E-state index >= 15 is 0 Å². The largest absolute Gasteiger partial charge is 0.399 e. The zero-order chi connectivity index (χ0) is 14.7. The fourth-order valence-corrected chi connectivity index (χ4v) is 2.66. The summed E-state index contributed by atoms with van der Waals surface area (Å²) >= 11 is 0. The number of rotatable bonds is 12. The van der Waals surface area contributed by atoms with Gasteiger partial charge in [-0.25, -0.2) is 8.37 Å². The zero-order valence-corrected chi connectivity index (χ0v) is 13.7. The van der Waals surface area contributed by atoms with E-state index in [9.17, 15) is 8.42 Å². The third-order valence-electron chi connectivity index (χ3n) is 3.07. The van der Waals surface area contributed by atoms with Crippen LogP contribution in [0.4, 0.5) is 0 Å².